The fourth-order valence-corrected chi connectivity index (χ4v) is 2.80. The number of nitrogens with zero attached hydrogens (tertiary/aromatic N) is 3. The van der Waals surface area contributed by atoms with Gasteiger partial charge in [-0.2, -0.15) is 0 Å². The predicted octanol–water partition coefficient (Wildman–Crippen LogP) is 4.96. The van der Waals surface area contributed by atoms with Crippen LogP contribution in [-0.4, -0.2) is 14.5 Å². The maximum absolute atomic E-state index is 4.85. The van der Waals surface area contributed by atoms with Crippen LogP contribution >= 0.6 is 0 Å². The Morgan fingerprint density at radius 3 is 2.08 bits per heavy atom. The average molecular weight is 517 g/mol. The van der Waals surface area contributed by atoms with Crippen molar-refractivity contribution in [1.82, 2.24) is 14.5 Å². The molecule has 2 heterocycles. The zero-order chi connectivity index (χ0) is 17.1. The number of hydrogen-bond acceptors (Lipinski definition) is 2. The summed E-state index contributed by atoms with van der Waals surface area (Å²) in [5, 5.41) is 0. The van der Waals surface area contributed by atoms with Gasteiger partial charge in [0.1, 0.15) is 0 Å². The summed E-state index contributed by atoms with van der Waals surface area (Å²) < 4.78 is 1.96. The summed E-state index contributed by atoms with van der Waals surface area (Å²) in [5.74, 6) is 1.69. The standard InChI is InChI=1S/C22H18N3.Ir/c1-2-19-14-9-15-21(23-19)25-16-20(17-10-5-3-6-11-17)24-22(25)18-12-7-4-8-13-18;/h3-15H,2H2,1H3;/q-1;. The molecule has 4 aromatic rings. The van der Waals surface area contributed by atoms with Crippen LogP contribution in [-0.2, 0) is 26.5 Å². The van der Waals surface area contributed by atoms with E-state index in [0.717, 1.165) is 40.6 Å². The summed E-state index contributed by atoms with van der Waals surface area (Å²) in [4.78, 5) is 9.60. The Morgan fingerprint density at radius 2 is 1.42 bits per heavy atom. The zero-order valence-electron chi connectivity index (χ0n) is 14.4. The fraction of sp³-hybridized carbons (Fsp3) is 0.0909. The number of aromatic nitrogens is 3. The summed E-state index contributed by atoms with van der Waals surface area (Å²) >= 11 is 0. The first kappa shape index (κ1) is 18.2. The van der Waals surface area contributed by atoms with E-state index in [1.165, 1.54) is 0 Å². The van der Waals surface area contributed by atoms with Gasteiger partial charge < -0.3 is 4.57 Å². The topological polar surface area (TPSA) is 30.7 Å². The van der Waals surface area contributed by atoms with Crippen LogP contribution in [0, 0.1) is 6.20 Å². The molecular weight excluding hydrogens is 498 g/mol. The molecule has 2 aromatic carbocycles. The quantitative estimate of drug-likeness (QED) is 0.359. The van der Waals surface area contributed by atoms with Gasteiger partial charge in [-0.25, -0.2) is 0 Å². The van der Waals surface area contributed by atoms with Crippen LogP contribution in [0.4, 0.5) is 0 Å². The molecule has 2 aromatic heterocycles. The summed E-state index contributed by atoms with van der Waals surface area (Å²) in [5.41, 5.74) is 3.97. The van der Waals surface area contributed by atoms with Crippen LogP contribution < -0.4 is 0 Å². The monoisotopic (exact) mass is 517 g/mol. The maximum atomic E-state index is 4.85. The second kappa shape index (κ2) is 8.22. The fourth-order valence-electron chi connectivity index (χ4n) is 2.80. The SMILES string of the molecule is CCc1cccc(-n2[c-]c(-c3ccccc3)nc2-c2ccccc2)n1.[Ir]. The van der Waals surface area contributed by atoms with Crippen molar-refractivity contribution in [3.05, 3.63) is 90.8 Å². The van der Waals surface area contributed by atoms with Crippen molar-refractivity contribution in [1.29, 1.82) is 0 Å². The van der Waals surface area contributed by atoms with E-state index in [0.29, 0.717) is 0 Å². The minimum absolute atomic E-state index is 0. The second-order valence-electron chi connectivity index (χ2n) is 5.80. The Bertz CT molecular complexity index is 979. The van der Waals surface area contributed by atoms with Gasteiger partial charge in [-0.3, -0.25) is 9.97 Å². The van der Waals surface area contributed by atoms with Crippen LogP contribution in [0.3, 0.4) is 0 Å². The molecule has 0 aliphatic rings. The van der Waals surface area contributed by atoms with E-state index < -0.39 is 0 Å². The van der Waals surface area contributed by atoms with Gasteiger partial charge in [-0.05, 0) is 29.9 Å². The number of imidazole rings is 1. The van der Waals surface area contributed by atoms with Crippen molar-refractivity contribution in [3.63, 3.8) is 0 Å². The van der Waals surface area contributed by atoms with Gasteiger partial charge in [0, 0.05) is 25.8 Å². The van der Waals surface area contributed by atoms with Gasteiger partial charge >= 0.3 is 0 Å². The van der Waals surface area contributed by atoms with Gasteiger partial charge in [0.2, 0.25) is 0 Å². The van der Waals surface area contributed by atoms with E-state index in [9.17, 15) is 0 Å². The van der Waals surface area contributed by atoms with Crippen molar-refractivity contribution in [2.75, 3.05) is 0 Å². The van der Waals surface area contributed by atoms with Gasteiger partial charge in [-0.1, -0.05) is 85.3 Å². The normalized spacial score (nSPS) is 10.3. The zero-order valence-corrected chi connectivity index (χ0v) is 16.8. The Labute approximate surface area is 167 Å². The average Bonchev–Trinajstić information content (AvgIpc) is 3.15. The van der Waals surface area contributed by atoms with Crippen LogP contribution in [0.25, 0.3) is 28.5 Å². The second-order valence-corrected chi connectivity index (χ2v) is 5.80. The molecule has 3 nitrogen and oxygen atoms in total. The Morgan fingerprint density at radius 1 is 0.769 bits per heavy atom. The first-order valence-corrected chi connectivity index (χ1v) is 8.44. The molecule has 0 saturated heterocycles. The molecule has 0 aliphatic carbocycles. The molecule has 4 rings (SSSR count). The molecule has 0 amide bonds. The molecule has 0 atom stereocenters. The summed E-state index contributed by atoms with van der Waals surface area (Å²) in [6.45, 7) is 2.11. The van der Waals surface area contributed by atoms with Gasteiger partial charge in [0.15, 0.2) is 0 Å². The molecule has 0 bridgehead atoms. The van der Waals surface area contributed by atoms with E-state index in [2.05, 4.69) is 25.3 Å². The summed E-state index contributed by atoms with van der Waals surface area (Å²) in [6.07, 6.45) is 4.30. The molecule has 0 unspecified atom stereocenters. The van der Waals surface area contributed by atoms with Crippen LogP contribution in [0.2, 0.25) is 0 Å². The van der Waals surface area contributed by atoms with Crippen molar-refractivity contribution in [2.45, 2.75) is 13.3 Å². The van der Waals surface area contributed by atoms with E-state index in [4.69, 9.17) is 9.97 Å². The molecule has 26 heavy (non-hydrogen) atoms. The number of hydrogen-bond donors (Lipinski definition) is 0. The third-order valence-electron chi connectivity index (χ3n) is 4.11. The first-order valence-electron chi connectivity index (χ1n) is 8.44. The molecule has 131 valence electrons. The van der Waals surface area contributed by atoms with Gasteiger partial charge in [0.25, 0.3) is 0 Å². The molecular formula is C22H18IrN3-. The smallest absolute Gasteiger partial charge is 0.0619 e. The Balaban J connectivity index is 0.00000196. The maximum Gasteiger partial charge on any atom is 0.0619 e. The minimum atomic E-state index is 0. The molecule has 0 N–H and O–H groups in total. The number of rotatable bonds is 4. The minimum Gasteiger partial charge on any atom is -0.404 e. The van der Waals surface area contributed by atoms with E-state index in [-0.39, 0.29) is 20.1 Å². The van der Waals surface area contributed by atoms with E-state index in [1.54, 1.807) is 0 Å². The van der Waals surface area contributed by atoms with Crippen molar-refractivity contribution >= 4 is 0 Å². The number of pyridine rings is 1. The summed E-state index contributed by atoms with van der Waals surface area (Å²) in [7, 11) is 0. The first-order chi connectivity index (χ1) is 12.3. The third-order valence-corrected chi connectivity index (χ3v) is 4.11. The third kappa shape index (κ3) is 3.67. The molecule has 1 radical (unpaired) electrons. The molecule has 0 saturated carbocycles. The van der Waals surface area contributed by atoms with Crippen LogP contribution in [0.15, 0.2) is 78.9 Å². The number of benzene rings is 2. The molecule has 4 heteroatoms. The Kier molecular flexibility index (Phi) is 5.77. The predicted molar refractivity (Wildman–Crippen MR) is 100 cm³/mol. The van der Waals surface area contributed by atoms with Crippen LogP contribution in [0.1, 0.15) is 12.6 Å². The van der Waals surface area contributed by atoms with Crippen molar-refractivity contribution < 1.29 is 20.1 Å². The van der Waals surface area contributed by atoms with E-state index in [1.807, 2.05) is 71.3 Å². The van der Waals surface area contributed by atoms with Gasteiger partial charge in [-0.15, -0.1) is 0 Å². The van der Waals surface area contributed by atoms with E-state index >= 15 is 0 Å². The van der Waals surface area contributed by atoms with Gasteiger partial charge in [0.05, 0.1) is 11.6 Å². The van der Waals surface area contributed by atoms with Crippen LogP contribution in [0.5, 0.6) is 0 Å². The summed E-state index contributed by atoms with van der Waals surface area (Å²) in [6, 6.07) is 26.4. The molecule has 0 aliphatic heterocycles. The van der Waals surface area contributed by atoms with Crippen molar-refractivity contribution in [2.24, 2.45) is 0 Å². The largest absolute Gasteiger partial charge is 0.404 e. The van der Waals surface area contributed by atoms with Crippen molar-refractivity contribution in [3.8, 4) is 28.5 Å². The Hall–Kier alpha value is -2.55. The number of aryl methyl sites for hydroxylation is 1. The molecule has 0 spiro atoms. The molecule has 0 fully saturated rings.